The fourth-order valence-corrected chi connectivity index (χ4v) is 1.30. The highest BCUT2D eigenvalue weighted by molar-refractivity contribution is 6.30. The average Bonchev–Trinajstić information content (AvgIpc) is 2.58. The zero-order chi connectivity index (χ0) is 8.39. The SMILES string of the molecule is Clc1ccc(N2CNCN2)cc1. The van der Waals surface area contributed by atoms with E-state index in [0.29, 0.717) is 0 Å². The van der Waals surface area contributed by atoms with Gasteiger partial charge in [0.1, 0.15) is 0 Å². The lowest BCUT2D eigenvalue weighted by molar-refractivity contribution is 0.778. The van der Waals surface area contributed by atoms with Crippen molar-refractivity contribution in [3.63, 3.8) is 0 Å². The zero-order valence-electron chi connectivity index (χ0n) is 6.55. The highest BCUT2D eigenvalue weighted by Crippen LogP contribution is 2.16. The van der Waals surface area contributed by atoms with E-state index in [0.717, 1.165) is 24.0 Å². The maximum absolute atomic E-state index is 5.76. The Morgan fingerprint density at radius 2 is 2.00 bits per heavy atom. The fourth-order valence-electron chi connectivity index (χ4n) is 1.18. The first-order valence-corrected chi connectivity index (χ1v) is 4.21. The van der Waals surface area contributed by atoms with E-state index in [9.17, 15) is 0 Å². The predicted molar refractivity (Wildman–Crippen MR) is 49.9 cm³/mol. The second-order valence-electron chi connectivity index (χ2n) is 2.65. The summed E-state index contributed by atoms with van der Waals surface area (Å²) in [4.78, 5) is 0. The van der Waals surface area contributed by atoms with Gasteiger partial charge in [-0.1, -0.05) is 11.6 Å². The maximum atomic E-state index is 5.76. The van der Waals surface area contributed by atoms with Crippen LogP contribution < -0.4 is 15.8 Å². The highest BCUT2D eigenvalue weighted by Gasteiger charge is 2.09. The molecule has 1 fully saturated rings. The minimum atomic E-state index is 0.769. The van der Waals surface area contributed by atoms with Crippen LogP contribution in [-0.4, -0.2) is 13.3 Å². The van der Waals surface area contributed by atoms with E-state index in [1.807, 2.05) is 29.3 Å². The number of anilines is 1. The van der Waals surface area contributed by atoms with Gasteiger partial charge in [0.2, 0.25) is 0 Å². The largest absolute Gasteiger partial charge is 0.293 e. The first-order chi connectivity index (χ1) is 5.86. The summed E-state index contributed by atoms with van der Waals surface area (Å²) in [5, 5.41) is 5.97. The molecule has 1 aliphatic heterocycles. The molecule has 0 amide bonds. The molecule has 4 heteroatoms. The van der Waals surface area contributed by atoms with Crippen molar-refractivity contribution in [2.45, 2.75) is 0 Å². The van der Waals surface area contributed by atoms with Crippen molar-refractivity contribution in [1.82, 2.24) is 10.7 Å². The summed E-state index contributed by atoms with van der Waals surface area (Å²) in [7, 11) is 0. The third-order valence-electron chi connectivity index (χ3n) is 1.80. The molecule has 0 atom stereocenters. The van der Waals surface area contributed by atoms with Crippen molar-refractivity contribution in [2.24, 2.45) is 0 Å². The van der Waals surface area contributed by atoms with E-state index in [-0.39, 0.29) is 0 Å². The van der Waals surface area contributed by atoms with Crippen LogP contribution in [0.4, 0.5) is 5.69 Å². The van der Waals surface area contributed by atoms with Crippen molar-refractivity contribution < 1.29 is 0 Å². The van der Waals surface area contributed by atoms with Crippen molar-refractivity contribution in [3.8, 4) is 0 Å². The fraction of sp³-hybridized carbons (Fsp3) is 0.250. The van der Waals surface area contributed by atoms with Gasteiger partial charge < -0.3 is 0 Å². The molecule has 1 saturated heterocycles. The number of nitrogens with zero attached hydrogens (tertiary/aromatic N) is 1. The van der Waals surface area contributed by atoms with Crippen molar-refractivity contribution in [3.05, 3.63) is 29.3 Å². The summed E-state index contributed by atoms with van der Waals surface area (Å²) < 4.78 is 0. The van der Waals surface area contributed by atoms with Gasteiger partial charge in [0.15, 0.2) is 0 Å². The Morgan fingerprint density at radius 1 is 1.25 bits per heavy atom. The van der Waals surface area contributed by atoms with E-state index in [4.69, 9.17) is 11.6 Å². The zero-order valence-corrected chi connectivity index (χ0v) is 7.30. The summed E-state index contributed by atoms with van der Waals surface area (Å²) in [6.07, 6.45) is 0. The van der Waals surface area contributed by atoms with Crippen LogP contribution in [0.5, 0.6) is 0 Å². The van der Waals surface area contributed by atoms with Gasteiger partial charge in [-0.15, -0.1) is 0 Å². The molecule has 1 aromatic carbocycles. The molecular weight excluding hydrogens is 174 g/mol. The number of halogens is 1. The molecule has 1 aliphatic rings. The van der Waals surface area contributed by atoms with Crippen LogP contribution in [0.15, 0.2) is 24.3 Å². The number of hydrogen-bond donors (Lipinski definition) is 2. The Bertz CT molecular complexity index is 254. The first kappa shape index (κ1) is 7.86. The molecule has 12 heavy (non-hydrogen) atoms. The smallest absolute Gasteiger partial charge is 0.0849 e. The number of hydrazine groups is 1. The second kappa shape index (κ2) is 3.31. The Kier molecular flexibility index (Phi) is 2.17. The van der Waals surface area contributed by atoms with Gasteiger partial charge in [0.05, 0.1) is 19.0 Å². The second-order valence-corrected chi connectivity index (χ2v) is 3.08. The van der Waals surface area contributed by atoms with Gasteiger partial charge in [-0.05, 0) is 24.3 Å². The molecule has 1 aromatic rings. The molecule has 2 N–H and O–H groups in total. The lowest BCUT2D eigenvalue weighted by Gasteiger charge is -2.16. The molecule has 0 aliphatic carbocycles. The minimum absolute atomic E-state index is 0.769. The van der Waals surface area contributed by atoms with Crippen LogP contribution in [0.2, 0.25) is 5.02 Å². The van der Waals surface area contributed by atoms with Crippen molar-refractivity contribution >= 4 is 17.3 Å². The van der Waals surface area contributed by atoms with Gasteiger partial charge in [-0.2, -0.15) is 0 Å². The van der Waals surface area contributed by atoms with Gasteiger partial charge in [-0.3, -0.25) is 10.3 Å². The van der Waals surface area contributed by atoms with Gasteiger partial charge in [-0.25, -0.2) is 5.43 Å². The third-order valence-corrected chi connectivity index (χ3v) is 2.06. The van der Waals surface area contributed by atoms with E-state index < -0.39 is 0 Å². The first-order valence-electron chi connectivity index (χ1n) is 3.83. The summed E-state index contributed by atoms with van der Waals surface area (Å²) in [5.74, 6) is 0. The normalized spacial score (nSPS) is 16.9. The molecular formula is C8H10ClN3. The van der Waals surface area contributed by atoms with Crippen molar-refractivity contribution in [1.29, 1.82) is 0 Å². The van der Waals surface area contributed by atoms with E-state index in [2.05, 4.69) is 10.7 Å². The molecule has 0 radical (unpaired) electrons. The minimum Gasteiger partial charge on any atom is -0.293 e. The monoisotopic (exact) mass is 183 g/mol. The topological polar surface area (TPSA) is 27.3 Å². The van der Waals surface area contributed by atoms with Crippen LogP contribution in [0.1, 0.15) is 0 Å². The molecule has 0 aromatic heterocycles. The van der Waals surface area contributed by atoms with Gasteiger partial charge in [0, 0.05) is 5.02 Å². The summed E-state index contributed by atoms with van der Waals surface area (Å²) in [6.45, 7) is 1.66. The molecule has 2 rings (SSSR count). The van der Waals surface area contributed by atoms with Crippen LogP contribution in [0.3, 0.4) is 0 Å². The molecule has 3 nitrogen and oxygen atoms in total. The summed E-state index contributed by atoms with van der Waals surface area (Å²) in [6, 6.07) is 7.75. The Hall–Kier alpha value is -0.770. The number of nitrogens with one attached hydrogen (secondary N) is 2. The van der Waals surface area contributed by atoms with Gasteiger partial charge in [0.25, 0.3) is 0 Å². The predicted octanol–water partition coefficient (Wildman–Crippen LogP) is 1.17. The number of hydrogen-bond acceptors (Lipinski definition) is 3. The summed E-state index contributed by atoms with van der Waals surface area (Å²) in [5.41, 5.74) is 4.30. The van der Waals surface area contributed by atoms with Gasteiger partial charge >= 0.3 is 0 Å². The Labute approximate surface area is 76.3 Å². The standard InChI is InChI=1S/C8H10ClN3/c9-7-1-3-8(4-2-7)12-6-10-5-11-12/h1-4,10-11H,5-6H2. The Balaban J connectivity index is 2.17. The Morgan fingerprint density at radius 3 is 2.58 bits per heavy atom. The van der Waals surface area contributed by atoms with E-state index >= 15 is 0 Å². The lowest BCUT2D eigenvalue weighted by Crippen LogP contribution is -2.30. The molecule has 0 bridgehead atoms. The molecule has 64 valence electrons. The van der Waals surface area contributed by atoms with Crippen LogP contribution in [0, 0.1) is 0 Å². The van der Waals surface area contributed by atoms with Crippen LogP contribution in [-0.2, 0) is 0 Å². The average molecular weight is 184 g/mol. The van der Waals surface area contributed by atoms with Crippen LogP contribution in [0.25, 0.3) is 0 Å². The number of rotatable bonds is 1. The molecule has 0 saturated carbocycles. The third kappa shape index (κ3) is 1.53. The lowest BCUT2D eigenvalue weighted by atomic mass is 10.3. The van der Waals surface area contributed by atoms with Crippen molar-refractivity contribution in [2.75, 3.05) is 18.3 Å². The van der Waals surface area contributed by atoms with E-state index in [1.54, 1.807) is 0 Å². The molecule has 0 spiro atoms. The highest BCUT2D eigenvalue weighted by atomic mass is 35.5. The maximum Gasteiger partial charge on any atom is 0.0849 e. The van der Waals surface area contributed by atoms with E-state index in [1.165, 1.54) is 0 Å². The molecule has 0 unspecified atom stereocenters. The number of benzene rings is 1. The quantitative estimate of drug-likeness (QED) is 0.685. The molecule has 1 heterocycles. The van der Waals surface area contributed by atoms with Crippen LogP contribution >= 0.6 is 11.6 Å². The summed E-state index contributed by atoms with van der Waals surface area (Å²) >= 11 is 5.76.